The van der Waals surface area contributed by atoms with Crippen LogP contribution in [-0.2, 0) is 4.79 Å². The summed E-state index contributed by atoms with van der Waals surface area (Å²) in [5.41, 5.74) is 3.95. The fourth-order valence-electron chi connectivity index (χ4n) is 4.64. The number of methoxy groups -OCH3 is 2. The number of nitrogens with one attached hydrogen (secondary N) is 1. The first-order valence-corrected chi connectivity index (χ1v) is 14.8. The molecule has 43 heavy (non-hydrogen) atoms. The van der Waals surface area contributed by atoms with Gasteiger partial charge in [0, 0.05) is 5.56 Å². The Hall–Kier alpha value is -4.57. The topological polar surface area (TPSA) is 106 Å². The average molecular weight is 599 g/mol. The second-order valence-electron chi connectivity index (χ2n) is 10.1. The molecule has 2 aliphatic rings. The minimum atomic E-state index is -0.516. The summed E-state index contributed by atoms with van der Waals surface area (Å²) in [6, 6.07) is 19.4. The van der Waals surface area contributed by atoms with Gasteiger partial charge in [0.25, 0.3) is 5.91 Å². The van der Waals surface area contributed by atoms with Gasteiger partial charge < -0.3 is 18.9 Å². The molecule has 2 aliphatic heterocycles. The van der Waals surface area contributed by atoms with E-state index in [0.29, 0.717) is 45.5 Å². The number of hydrogen-bond donors (Lipinski definition) is 1. The Labute approximate surface area is 255 Å². The molecule has 2 heterocycles. The minimum Gasteiger partial charge on any atom is -0.493 e. The SMILES string of the molecule is CCC(C)c1ccc(OCCOc2c(OC)cc(/C=C3/C(=N)N4N=C(c5ccccc5C)SC4=NC3=O)cc2OC)cc1. The van der Waals surface area contributed by atoms with Gasteiger partial charge in [0.05, 0.1) is 19.8 Å². The lowest BCUT2D eigenvalue weighted by atomic mass is 9.99. The van der Waals surface area contributed by atoms with Crippen LogP contribution >= 0.6 is 11.8 Å². The zero-order chi connectivity index (χ0) is 30.5. The van der Waals surface area contributed by atoms with E-state index in [4.69, 9.17) is 24.4 Å². The van der Waals surface area contributed by atoms with Crippen LogP contribution in [0.25, 0.3) is 6.08 Å². The van der Waals surface area contributed by atoms with Crippen LogP contribution in [0.1, 0.15) is 48.4 Å². The number of amides is 1. The van der Waals surface area contributed by atoms with Crippen LogP contribution < -0.4 is 18.9 Å². The van der Waals surface area contributed by atoms with Crippen molar-refractivity contribution in [2.45, 2.75) is 33.1 Å². The molecule has 0 radical (unpaired) electrons. The van der Waals surface area contributed by atoms with Crippen LogP contribution in [-0.4, -0.2) is 54.4 Å². The predicted molar refractivity (Wildman–Crippen MR) is 171 cm³/mol. The first kappa shape index (κ1) is 29.9. The van der Waals surface area contributed by atoms with Crippen molar-refractivity contribution in [1.29, 1.82) is 5.41 Å². The minimum absolute atomic E-state index is 0.0568. The van der Waals surface area contributed by atoms with E-state index in [1.807, 2.05) is 43.3 Å². The normalized spacial score (nSPS) is 16.0. The number of carbonyl (C=O) groups excluding carboxylic acids is 1. The molecule has 1 atom stereocenters. The smallest absolute Gasteiger partial charge is 0.283 e. The quantitative estimate of drug-likeness (QED) is 0.195. The number of carbonyl (C=O) groups is 1. The van der Waals surface area contributed by atoms with E-state index in [2.05, 4.69) is 36.1 Å². The van der Waals surface area contributed by atoms with Crippen LogP contribution in [0.3, 0.4) is 0 Å². The number of hydrogen-bond acceptors (Lipinski definition) is 8. The summed E-state index contributed by atoms with van der Waals surface area (Å²) in [4.78, 5) is 17.2. The third kappa shape index (κ3) is 6.44. The van der Waals surface area contributed by atoms with Gasteiger partial charge in [-0.2, -0.15) is 15.1 Å². The Morgan fingerprint density at radius 3 is 2.33 bits per heavy atom. The number of ether oxygens (including phenoxy) is 4. The van der Waals surface area contributed by atoms with Crippen LogP contribution in [0.5, 0.6) is 23.0 Å². The Bertz CT molecular complexity index is 1610. The molecule has 5 rings (SSSR count). The van der Waals surface area contributed by atoms with Gasteiger partial charge in [-0.1, -0.05) is 50.2 Å². The molecule has 0 aliphatic carbocycles. The number of aryl methyl sites for hydroxylation is 1. The second-order valence-corrected chi connectivity index (χ2v) is 11.0. The molecule has 3 aromatic carbocycles. The van der Waals surface area contributed by atoms with Crippen molar-refractivity contribution < 1.29 is 23.7 Å². The van der Waals surface area contributed by atoms with E-state index >= 15 is 0 Å². The lowest BCUT2D eigenvalue weighted by Gasteiger charge is -2.20. The number of fused-ring (bicyclic) bond motifs is 1. The molecule has 10 heteroatoms. The van der Waals surface area contributed by atoms with Crippen molar-refractivity contribution in [1.82, 2.24) is 5.01 Å². The van der Waals surface area contributed by atoms with Gasteiger partial charge in [0.15, 0.2) is 17.3 Å². The molecule has 3 aromatic rings. The molecular weight excluding hydrogens is 564 g/mol. The summed E-state index contributed by atoms with van der Waals surface area (Å²) in [6.07, 6.45) is 2.67. The molecule has 0 spiro atoms. The highest BCUT2D eigenvalue weighted by molar-refractivity contribution is 8.27. The zero-order valence-electron chi connectivity index (χ0n) is 24.8. The predicted octanol–water partition coefficient (Wildman–Crippen LogP) is 6.65. The molecule has 1 N–H and O–H groups in total. The number of aliphatic imine (C=N–C) groups is 1. The van der Waals surface area contributed by atoms with Gasteiger partial charge in [-0.25, -0.2) is 0 Å². The molecule has 0 saturated carbocycles. The van der Waals surface area contributed by atoms with Crippen molar-refractivity contribution in [2.75, 3.05) is 27.4 Å². The van der Waals surface area contributed by atoms with Crippen LogP contribution in [0, 0.1) is 12.3 Å². The average Bonchev–Trinajstić information content (AvgIpc) is 3.45. The van der Waals surface area contributed by atoms with Crippen molar-refractivity contribution in [3.8, 4) is 23.0 Å². The van der Waals surface area contributed by atoms with Crippen LogP contribution in [0.2, 0.25) is 0 Å². The third-order valence-electron chi connectivity index (χ3n) is 7.28. The molecule has 222 valence electrons. The highest BCUT2D eigenvalue weighted by Crippen LogP contribution is 2.40. The largest absolute Gasteiger partial charge is 0.493 e. The van der Waals surface area contributed by atoms with Gasteiger partial charge in [-0.05, 0) is 78.1 Å². The van der Waals surface area contributed by atoms with Crippen molar-refractivity contribution in [3.63, 3.8) is 0 Å². The second kappa shape index (κ2) is 13.2. The number of hydrazone groups is 1. The summed E-state index contributed by atoms with van der Waals surface area (Å²) in [5.74, 6) is 1.95. The van der Waals surface area contributed by atoms with Crippen LogP contribution in [0.15, 0.2) is 76.3 Å². The Morgan fingerprint density at radius 2 is 1.67 bits per heavy atom. The number of nitrogens with zero attached hydrogens (tertiary/aromatic N) is 3. The van der Waals surface area contributed by atoms with E-state index in [9.17, 15) is 4.79 Å². The first-order chi connectivity index (χ1) is 20.8. The maximum atomic E-state index is 13.0. The summed E-state index contributed by atoms with van der Waals surface area (Å²) >= 11 is 1.27. The molecule has 0 aromatic heterocycles. The lowest BCUT2D eigenvalue weighted by molar-refractivity contribution is -0.114. The molecule has 0 fully saturated rings. The van der Waals surface area contributed by atoms with Gasteiger partial charge in [-0.3, -0.25) is 10.2 Å². The van der Waals surface area contributed by atoms with E-state index in [0.717, 1.165) is 23.3 Å². The summed E-state index contributed by atoms with van der Waals surface area (Å²) in [5, 5.41) is 15.8. The maximum absolute atomic E-state index is 13.0. The Balaban J connectivity index is 1.30. The summed E-state index contributed by atoms with van der Waals surface area (Å²) < 4.78 is 23.1. The molecule has 0 saturated heterocycles. The van der Waals surface area contributed by atoms with E-state index in [-0.39, 0.29) is 18.0 Å². The van der Waals surface area contributed by atoms with Gasteiger partial charge >= 0.3 is 0 Å². The van der Waals surface area contributed by atoms with Gasteiger partial charge in [0.1, 0.15) is 24.0 Å². The van der Waals surface area contributed by atoms with Gasteiger partial charge in [0.2, 0.25) is 10.9 Å². The number of thioether (sulfide) groups is 1. The van der Waals surface area contributed by atoms with E-state index < -0.39 is 5.91 Å². The lowest BCUT2D eigenvalue weighted by Crippen LogP contribution is -2.35. The van der Waals surface area contributed by atoms with E-state index in [1.54, 1.807) is 18.2 Å². The maximum Gasteiger partial charge on any atom is 0.283 e. The number of amidine groups is 2. The molecule has 9 nitrogen and oxygen atoms in total. The zero-order valence-corrected chi connectivity index (χ0v) is 25.7. The monoisotopic (exact) mass is 598 g/mol. The van der Waals surface area contributed by atoms with E-state index in [1.165, 1.54) is 36.6 Å². The van der Waals surface area contributed by atoms with Gasteiger partial charge in [-0.15, -0.1) is 0 Å². The van der Waals surface area contributed by atoms with Crippen molar-refractivity contribution in [3.05, 3.63) is 88.5 Å². The molecular formula is C33H34N4O5S. The number of benzene rings is 3. The third-order valence-corrected chi connectivity index (χ3v) is 8.23. The number of rotatable bonds is 11. The standard InChI is InChI=1S/C33H34N4O5S/c1-6-20(2)23-11-13-24(14-12-23)41-15-16-42-29-27(39-4)18-22(19-28(29)40-5)17-26-30(34)37-33(35-31(26)38)43-32(36-37)25-10-8-7-9-21(25)3/h7-14,17-20,34H,6,15-16H2,1-5H3/b26-17-,34-30?. The Kier molecular flexibility index (Phi) is 9.16. The first-order valence-electron chi connectivity index (χ1n) is 14.0. The fourth-order valence-corrected chi connectivity index (χ4v) is 5.62. The van der Waals surface area contributed by atoms with Crippen molar-refractivity contribution in [2.24, 2.45) is 10.1 Å². The molecule has 1 amide bonds. The highest BCUT2D eigenvalue weighted by atomic mass is 32.2. The van der Waals surface area contributed by atoms with Crippen molar-refractivity contribution >= 4 is 39.8 Å². The Morgan fingerprint density at radius 1 is 1.00 bits per heavy atom. The highest BCUT2D eigenvalue weighted by Gasteiger charge is 2.36. The molecule has 0 bridgehead atoms. The summed E-state index contributed by atoms with van der Waals surface area (Å²) in [6.45, 7) is 6.96. The summed E-state index contributed by atoms with van der Waals surface area (Å²) in [7, 11) is 3.06. The molecule has 1 unspecified atom stereocenters. The van der Waals surface area contributed by atoms with Crippen LogP contribution in [0.4, 0.5) is 0 Å². The fraction of sp³-hybridized carbons (Fsp3) is 0.273.